The number of ether oxygens (including phenoxy) is 14. The first-order valence-electron chi connectivity index (χ1n) is 21.4. The van der Waals surface area contributed by atoms with Crippen LogP contribution in [0.25, 0.3) is 0 Å². The molecule has 67 heavy (non-hydrogen) atoms. The Labute approximate surface area is 389 Å². The number of thioether (sulfide) groups is 1. The molecule has 2 aromatic carbocycles. The molecule has 4 saturated heterocycles. The minimum atomic E-state index is -1.75. The van der Waals surface area contributed by atoms with Crippen LogP contribution in [0.2, 0.25) is 0 Å². The molecule has 4 aliphatic heterocycles. The van der Waals surface area contributed by atoms with Gasteiger partial charge in [-0.2, -0.15) is 0 Å². The van der Waals surface area contributed by atoms with Crippen LogP contribution in [0.15, 0.2) is 65.6 Å². The number of rotatable bonds is 15. The molecule has 4 aliphatic rings. The van der Waals surface area contributed by atoms with E-state index < -0.39 is 146 Å². The van der Waals surface area contributed by atoms with Gasteiger partial charge in [0, 0.05) is 58.9 Å². The summed E-state index contributed by atoms with van der Waals surface area (Å²) in [5.41, 5.74) is -0.472. The van der Waals surface area contributed by atoms with Crippen LogP contribution in [0.4, 0.5) is 0 Å². The molecule has 0 bridgehead atoms. The van der Waals surface area contributed by atoms with Crippen molar-refractivity contribution in [3.8, 4) is 0 Å². The summed E-state index contributed by atoms with van der Waals surface area (Å²) in [6.07, 6.45) is -20.8. The van der Waals surface area contributed by atoms with Crippen molar-refractivity contribution >= 4 is 53.5 Å². The molecule has 0 amide bonds. The zero-order chi connectivity index (χ0) is 48.5. The average molecular weight is 963 g/mol. The summed E-state index contributed by atoms with van der Waals surface area (Å²) in [5.74, 6) is -5.71. The van der Waals surface area contributed by atoms with Crippen molar-refractivity contribution in [2.24, 2.45) is 0 Å². The average Bonchev–Trinajstić information content (AvgIpc) is 3.25. The van der Waals surface area contributed by atoms with Crippen molar-refractivity contribution in [2.45, 2.75) is 158 Å². The van der Waals surface area contributed by atoms with Crippen LogP contribution in [-0.4, -0.2) is 146 Å². The topological polar surface area (TPSA) is 249 Å². The molecule has 6 rings (SSSR count). The highest BCUT2D eigenvalue weighted by molar-refractivity contribution is 7.99. The zero-order valence-electron chi connectivity index (χ0n) is 37.9. The fraction of sp³-hybridized carbons (Fsp3) is 0.578. The molecule has 0 radical (unpaired) electrons. The van der Waals surface area contributed by atoms with Crippen LogP contribution >= 0.6 is 11.8 Å². The number of carbonyl (C=O) groups is 7. The lowest BCUT2D eigenvalue weighted by molar-refractivity contribution is -0.386. The lowest BCUT2D eigenvalue weighted by Gasteiger charge is -2.52. The SMILES string of the molecule is CC(=O)OC[C@H]1O[C@@H](O[C@@H]2[C@@H](O[C@@H]3O[C@@H](C)[C@H](OC(C)=O)[C@@H](OC(C)=O)[C@H]3OC(C)=O)[C@H](Sc3ccccc3)O[C@@H]3CO[C@@H](c4ccccc4)O[C@@H]23)[C@H](OC(C)=O)[C@@H](OC(C)=O)[C@@H]1OC(C)=O. The Kier molecular flexibility index (Phi) is 17.7. The second kappa shape index (κ2) is 23.2. The first kappa shape index (κ1) is 51.2. The summed E-state index contributed by atoms with van der Waals surface area (Å²) >= 11 is 1.19. The van der Waals surface area contributed by atoms with E-state index in [4.69, 9.17) is 66.3 Å². The Morgan fingerprint density at radius 1 is 0.522 bits per heavy atom. The third kappa shape index (κ3) is 13.5. The largest absolute Gasteiger partial charge is 0.463 e. The minimum Gasteiger partial charge on any atom is -0.463 e. The van der Waals surface area contributed by atoms with Gasteiger partial charge in [-0.05, 0) is 19.1 Å². The maximum absolute atomic E-state index is 12.9. The van der Waals surface area contributed by atoms with Crippen molar-refractivity contribution in [1.82, 2.24) is 0 Å². The molecular weight excluding hydrogens is 909 g/mol. The monoisotopic (exact) mass is 962 g/mol. The van der Waals surface area contributed by atoms with Gasteiger partial charge in [0.2, 0.25) is 0 Å². The standard InChI is InChI=1S/C45H54O21S/c1-21-33(56-23(3)47)36(58-25(5)49)39(60-27(7)51)43(55-21)66-41-38(35-32(63-45(41)67-30-17-13-10-14-18-30)20-54-42(64-35)29-15-11-9-12-16-29)65-44-40(61-28(8)52)37(59-26(6)50)34(57-24(4)48)31(62-44)19-53-22(2)46/h9-18,21,31-45H,19-20H2,1-8H3/t21-,31+,32+,33-,34+,35+,36+,37-,38-,39+,40+,41+,42+,43-,44-,45-/m0/s1. The number of fused-ring (bicyclic) bond motifs is 1. The molecule has 0 spiro atoms. The molecule has 2 aromatic rings. The molecule has 16 atom stereocenters. The Morgan fingerprint density at radius 3 is 1.55 bits per heavy atom. The van der Waals surface area contributed by atoms with E-state index in [1.807, 2.05) is 24.3 Å². The molecule has 0 N–H and O–H groups in total. The predicted octanol–water partition coefficient (Wildman–Crippen LogP) is 3.01. The van der Waals surface area contributed by atoms with Gasteiger partial charge in [-0.1, -0.05) is 60.3 Å². The third-order valence-electron chi connectivity index (χ3n) is 10.5. The summed E-state index contributed by atoms with van der Waals surface area (Å²) in [6.45, 7) is 8.70. The lowest BCUT2D eigenvalue weighted by Crippen LogP contribution is -2.68. The molecule has 0 unspecified atom stereocenters. The molecule has 0 aliphatic carbocycles. The molecule has 366 valence electrons. The van der Waals surface area contributed by atoms with Gasteiger partial charge in [-0.3, -0.25) is 33.6 Å². The van der Waals surface area contributed by atoms with Gasteiger partial charge in [-0.25, -0.2) is 0 Å². The summed E-state index contributed by atoms with van der Waals surface area (Å²) in [4.78, 5) is 88.8. The smallest absolute Gasteiger partial charge is 0.303 e. The van der Waals surface area contributed by atoms with E-state index in [2.05, 4.69) is 0 Å². The normalized spacial score (nSPS) is 33.7. The fourth-order valence-electron chi connectivity index (χ4n) is 8.04. The predicted molar refractivity (Wildman–Crippen MR) is 224 cm³/mol. The van der Waals surface area contributed by atoms with Crippen molar-refractivity contribution in [2.75, 3.05) is 13.2 Å². The highest BCUT2D eigenvalue weighted by Gasteiger charge is 2.60. The van der Waals surface area contributed by atoms with E-state index >= 15 is 0 Å². The zero-order valence-corrected chi connectivity index (χ0v) is 38.7. The van der Waals surface area contributed by atoms with Crippen molar-refractivity contribution in [3.63, 3.8) is 0 Å². The first-order valence-corrected chi connectivity index (χ1v) is 22.2. The molecule has 4 heterocycles. The van der Waals surface area contributed by atoms with E-state index in [1.54, 1.807) is 36.4 Å². The van der Waals surface area contributed by atoms with Gasteiger partial charge in [0.05, 0.1) is 12.7 Å². The van der Waals surface area contributed by atoms with E-state index in [9.17, 15) is 33.6 Å². The number of benzene rings is 2. The van der Waals surface area contributed by atoms with Gasteiger partial charge >= 0.3 is 41.8 Å². The second-order valence-corrected chi connectivity index (χ2v) is 17.0. The number of hydrogen-bond acceptors (Lipinski definition) is 22. The fourth-order valence-corrected chi connectivity index (χ4v) is 9.17. The Hall–Kier alpha value is -5.20. The highest BCUT2D eigenvalue weighted by Crippen LogP contribution is 2.44. The van der Waals surface area contributed by atoms with Gasteiger partial charge in [-0.15, -0.1) is 0 Å². The third-order valence-corrected chi connectivity index (χ3v) is 11.7. The Bertz CT molecular complexity index is 2060. The van der Waals surface area contributed by atoms with Crippen molar-refractivity contribution in [1.29, 1.82) is 0 Å². The summed E-state index contributed by atoms with van der Waals surface area (Å²) in [5, 5.41) is 0. The summed E-state index contributed by atoms with van der Waals surface area (Å²) in [6, 6.07) is 18.0. The molecule has 4 fully saturated rings. The van der Waals surface area contributed by atoms with Crippen LogP contribution in [0.5, 0.6) is 0 Å². The number of hydrogen-bond donors (Lipinski definition) is 0. The summed E-state index contributed by atoms with van der Waals surface area (Å²) in [7, 11) is 0. The quantitative estimate of drug-likeness (QED) is 0.184. The van der Waals surface area contributed by atoms with Crippen molar-refractivity contribution < 1.29 is 99.9 Å². The van der Waals surface area contributed by atoms with E-state index in [1.165, 1.54) is 18.7 Å². The Morgan fingerprint density at radius 2 is 1.00 bits per heavy atom. The van der Waals surface area contributed by atoms with E-state index in [0.29, 0.717) is 10.5 Å². The van der Waals surface area contributed by atoms with E-state index in [0.717, 1.165) is 48.5 Å². The second-order valence-electron chi connectivity index (χ2n) is 15.9. The molecule has 21 nitrogen and oxygen atoms in total. The van der Waals surface area contributed by atoms with Gasteiger partial charge in [0.1, 0.15) is 42.6 Å². The maximum Gasteiger partial charge on any atom is 0.303 e. The Balaban J connectivity index is 1.51. The van der Waals surface area contributed by atoms with Gasteiger partial charge in [0.25, 0.3) is 0 Å². The van der Waals surface area contributed by atoms with Crippen molar-refractivity contribution in [3.05, 3.63) is 66.2 Å². The molecule has 22 heteroatoms. The van der Waals surface area contributed by atoms with Crippen LogP contribution < -0.4 is 0 Å². The number of esters is 7. The maximum atomic E-state index is 12.9. The molecular formula is C45H54O21S. The first-order chi connectivity index (χ1) is 31.9. The van der Waals surface area contributed by atoms with Crippen LogP contribution in [0, 0.1) is 0 Å². The van der Waals surface area contributed by atoms with Gasteiger partial charge < -0.3 is 66.3 Å². The lowest BCUT2D eigenvalue weighted by atomic mass is 9.95. The van der Waals surface area contributed by atoms with Gasteiger partial charge in [0.15, 0.2) is 55.5 Å². The van der Waals surface area contributed by atoms with Crippen LogP contribution in [0.3, 0.4) is 0 Å². The molecule has 0 aromatic heterocycles. The van der Waals surface area contributed by atoms with Crippen LogP contribution in [-0.2, 0) is 99.9 Å². The highest BCUT2D eigenvalue weighted by atomic mass is 32.2. The summed E-state index contributed by atoms with van der Waals surface area (Å²) < 4.78 is 85.5. The van der Waals surface area contributed by atoms with Crippen LogP contribution in [0.1, 0.15) is 67.2 Å². The minimum absolute atomic E-state index is 0.0626. The number of carbonyl (C=O) groups excluding carboxylic acids is 7. The molecule has 0 saturated carbocycles. The van der Waals surface area contributed by atoms with E-state index in [-0.39, 0.29) is 6.61 Å².